The Morgan fingerprint density at radius 3 is 2.16 bits per heavy atom. The van der Waals surface area contributed by atoms with Crippen LogP contribution in [0.15, 0.2) is 36.4 Å². The summed E-state index contributed by atoms with van der Waals surface area (Å²) in [4.78, 5) is 51.5. The molecule has 5 aliphatic rings. The Morgan fingerprint density at radius 1 is 1.03 bits per heavy atom. The monoisotopic (exact) mass is 422 g/mol. The summed E-state index contributed by atoms with van der Waals surface area (Å²) in [5, 5.41) is 2.76. The summed E-state index contributed by atoms with van der Waals surface area (Å²) in [6, 6.07) is 6.44. The lowest BCUT2D eigenvalue weighted by atomic mass is 9.63. The molecule has 7 nitrogen and oxygen atoms in total. The fourth-order valence-electron chi connectivity index (χ4n) is 5.65. The van der Waals surface area contributed by atoms with Crippen molar-refractivity contribution in [2.24, 2.45) is 35.5 Å². The van der Waals surface area contributed by atoms with Gasteiger partial charge >= 0.3 is 5.97 Å². The summed E-state index contributed by atoms with van der Waals surface area (Å²) in [5.41, 5.74) is 0.949. The van der Waals surface area contributed by atoms with Crippen LogP contribution in [0.3, 0.4) is 0 Å². The number of rotatable bonds is 6. The van der Waals surface area contributed by atoms with Gasteiger partial charge in [-0.25, -0.2) is 4.79 Å². The largest absolute Gasteiger partial charge is 0.459 e. The van der Waals surface area contributed by atoms with E-state index in [2.05, 4.69) is 17.5 Å². The minimum atomic E-state index is -0.415. The number of imide groups is 1. The number of allylic oxidation sites excluding steroid dienone is 2. The van der Waals surface area contributed by atoms with E-state index in [9.17, 15) is 19.2 Å². The van der Waals surface area contributed by atoms with Gasteiger partial charge in [-0.1, -0.05) is 12.2 Å². The van der Waals surface area contributed by atoms with Gasteiger partial charge in [0.2, 0.25) is 17.7 Å². The Labute approximate surface area is 180 Å². The fraction of sp³-hybridized carbons (Fsp3) is 0.500. The highest BCUT2D eigenvalue weighted by molar-refractivity contribution is 6.06. The van der Waals surface area contributed by atoms with Gasteiger partial charge in [-0.05, 0) is 68.2 Å². The number of hydrogen-bond donors (Lipinski definition) is 1. The Balaban J connectivity index is 1.17. The van der Waals surface area contributed by atoms with E-state index in [0.29, 0.717) is 23.1 Å². The predicted molar refractivity (Wildman–Crippen MR) is 112 cm³/mol. The van der Waals surface area contributed by atoms with Crippen LogP contribution >= 0.6 is 0 Å². The van der Waals surface area contributed by atoms with Crippen LogP contribution in [-0.2, 0) is 19.1 Å². The van der Waals surface area contributed by atoms with Crippen LogP contribution in [0.4, 0.5) is 5.69 Å². The molecular formula is C24H26N2O5. The molecule has 3 amide bonds. The second kappa shape index (κ2) is 7.32. The summed E-state index contributed by atoms with van der Waals surface area (Å²) in [5.74, 6) is 0.140. The molecule has 2 bridgehead atoms. The number of esters is 1. The van der Waals surface area contributed by atoms with Gasteiger partial charge in [-0.3, -0.25) is 19.3 Å². The van der Waals surface area contributed by atoms with Gasteiger partial charge in [0.05, 0.1) is 23.5 Å². The highest BCUT2D eigenvalue weighted by Gasteiger charge is 2.66. The fourth-order valence-corrected chi connectivity index (χ4v) is 5.65. The maximum Gasteiger partial charge on any atom is 0.338 e. The maximum atomic E-state index is 12.9. The Morgan fingerprint density at radius 2 is 1.61 bits per heavy atom. The highest BCUT2D eigenvalue weighted by atomic mass is 16.5. The normalized spacial score (nSPS) is 32.2. The van der Waals surface area contributed by atoms with Crippen molar-refractivity contribution < 1.29 is 23.9 Å². The van der Waals surface area contributed by atoms with Crippen molar-refractivity contribution in [3.05, 3.63) is 42.0 Å². The molecule has 162 valence electrons. The first kappa shape index (κ1) is 20.0. The third-order valence-corrected chi connectivity index (χ3v) is 7.06. The quantitative estimate of drug-likeness (QED) is 0.432. The molecule has 0 spiro atoms. The first-order chi connectivity index (χ1) is 14.8. The number of likely N-dealkylation sites (tertiary alicyclic amines) is 1. The van der Waals surface area contributed by atoms with Gasteiger partial charge in [-0.2, -0.15) is 0 Å². The van der Waals surface area contributed by atoms with Gasteiger partial charge < -0.3 is 10.1 Å². The van der Waals surface area contributed by atoms with Crippen LogP contribution in [-0.4, -0.2) is 41.2 Å². The molecule has 1 N–H and O–H groups in total. The molecule has 2 saturated carbocycles. The minimum absolute atomic E-state index is 0.0453. The van der Waals surface area contributed by atoms with Gasteiger partial charge in [0.15, 0.2) is 0 Å². The van der Waals surface area contributed by atoms with Crippen molar-refractivity contribution in [3.8, 4) is 0 Å². The number of benzene rings is 1. The second-order valence-corrected chi connectivity index (χ2v) is 9.31. The van der Waals surface area contributed by atoms with E-state index >= 15 is 0 Å². The molecule has 6 atom stereocenters. The minimum Gasteiger partial charge on any atom is -0.459 e. The maximum absolute atomic E-state index is 12.9. The molecule has 1 aliphatic heterocycles. The summed E-state index contributed by atoms with van der Waals surface area (Å²) in [6.45, 7) is 3.66. The number of hydrogen-bond acceptors (Lipinski definition) is 5. The van der Waals surface area contributed by atoms with Crippen molar-refractivity contribution in [3.63, 3.8) is 0 Å². The zero-order valence-electron chi connectivity index (χ0n) is 17.6. The van der Waals surface area contributed by atoms with Gasteiger partial charge in [0.1, 0.15) is 0 Å². The van der Waals surface area contributed by atoms with Crippen LogP contribution in [0.5, 0.6) is 0 Å². The van der Waals surface area contributed by atoms with Crippen molar-refractivity contribution >= 4 is 29.4 Å². The summed E-state index contributed by atoms with van der Waals surface area (Å²) in [7, 11) is 0. The molecule has 0 aromatic heterocycles. The van der Waals surface area contributed by atoms with Crippen molar-refractivity contribution in [1.82, 2.24) is 4.90 Å². The summed E-state index contributed by atoms with van der Waals surface area (Å²) in [6.07, 6.45) is 5.25. The molecule has 4 aliphatic carbocycles. The van der Waals surface area contributed by atoms with Crippen LogP contribution in [0, 0.1) is 35.5 Å². The van der Waals surface area contributed by atoms with E-state index in [-0.39, 0.29) is 60.5 Å². The SMILES string of the molecule is CC(C)OC(=O)c1ccc(NC(=O)CCN2C(=O)[C@H]3[C@@H]4C=C[C@H]([C@H]5C[C@H]45)[C@@H]3C2=O)cc1. The molecule has 3 fully saturated rings. The zero-order valence-corrected chi connectivity index (χ0v) is 17.6. The lowest BCUT2D eigenvalue weighted by molar-refractivity contribution is -0.140. The predicted octanol–water partition coefficient (Wildman–Crippen LogP) is 2.63. The average Bonchev–Trinajstić information content (AvgIpc) is 3.51. The van der Waals surface area contributed by atoms with Crippen molar-refractivity contribution in [2.45, 2.75) is 32.8 Å². The van der Waals surface area contributed by atoms with E-state index < -0.39 is 5.97 Å². The second-order valence-electron chi connectivity index (χ2n) is 9.31. The summed E-state index contributed by atoms with van der Waals surface area (Å²) < 4.78 is 5.14. The molecule has 1 aromatic rings. The standard InChI is InChI=1S/C24H26N2O5/c1-12(2)31-24(30)13-3-5-14(6-4-13)25-19(27)9-10-26-22(28)20-15-7-8-16(18-11-17(15)18)21(20)23(26)29/h3-8,12,15-18,20-21H,9-11H2,1-2H3,(H,25,27)/t15-,16-,17-,18-,20+,21+/m1/s1. The van der Waals surface area contributed by atoms with Gasteiger partial charge in [-0.15, -0.1) is 0 Å². The molecule has 0 radical (unpaired) electrons. The van der Waals surface area contributed by atoms with E-state index in [1.54, 1.807) is 38.1 Å². The molecule has 1 heterocycles. The third kappa shape index (κ3) is 3.36. The number of amides is 3. The van der Waals surface area contributed by atoms with Crippen molar-refractivity contribution in [1.29, 1.82) is 0 Å². The molecule has 0 unspecified atom stereocenters. The lowest BCUT2D eigenvalue weighted by Gasteiger charge is -2.37. The number of nitrogens with zero attached hydrogens (tertiary/aromatic N) is 1. The molecule has 7 heteroatoms. The average molecular weight is 422 g/mol. The van der Waals surface area contributed by atoms with Crippen LogP contribution in [0.2, 0.25) is 0 Å². The molecule has 1 aromatic carbocycles. The van der Waals surface area contributed by atoms with E-state index in [4.69, 9.17) is 4.74 Å². The Hall–Kier alpha value is -2.96. The molecule has 6 rings (SSSR count). The molecular weight excluding hydrogens is 396 g/mol. The Bertz CT molecular complexity index is 946. The lowest BCUT2D eigenvalue weighted by Crippen LogP contribution is -2.40. The topological polar surface area (TPSA) is 92.8 Å². The van der Waals surface area contributed by atoms with E-state index in [0.717, 1.165) is 6.42 Å². The smallest absolute Gasteiger partial charge is 0.338 e. The van der Waals surface area contributed by atoms with E-state index in [1.165, 1.54) is 4.90 Å². The number of carbonyl (C=O) groups excluding carboxylic acids is 4. The van der Waals surface area contributed by atoms with Gasteiger partial charge in [0.25, 0.3) is 0 Å². The summed E-state index contributed by atoms with van der Waals surface area (Å²) >= 11 is 0. The number of ether oxygens (including phenoxy) is 1. The van der Waals surface area contributed by atoms with Gasteiger partial charge in [0, 0.05) is 18.7 Å². The number of nitrogens with one attached hydrogen (secondary N) is 1. The third-order valence-electron chi connectivity index (χ3n) is 7.06. The highest BCUT2D eigenvalue weighted by Crippen LogP contribution is 2.65. The first-order valence-corrected chi connectivity index (χ1v) is 11.0. The molecule has 1 saturated heterocycles. The van der Waals surface area contributed by atoms with Crippen LogP contribution < -0.4 is 5.32 Å². The first-order valence-electron chi connectivity index (χ1n) is 11.0. The zero-order chi connectivity index (χ0) is 21.9. The van der Waals surface area contributed by atoms with Crippen LogP contribution in [0.25, 0.3) is 0 Å². The Kier molecular flexibility index (Phi) is 4.72. The van der Waals surface area contributed by atoms with Crippen molar-refractivity contribution in [2.75, 3.05) is 11.9 Å². The number of carbonyl (C=O) groups is 4. The number of anilines is 1. The van der Waals surface area contributed by atoms with Crippen LogP contribution in [0.1, 0.15) is 37.0 Å². The van der Waals surface area contributed by atoms with E-state index in [1.807, 2.05) is 0 Å². The molecule has 31 heavy (non-hydrogen) atoms.